The number of hydrogen-bond acceptors (Lipinski definition) is 4. The number of amides is 1. The second-order valence-electron chi connectivity index (χ2n) is 5.73. The van der Waals surface area contributed by atoms with E-state index in [2.05, 4.69) is 5.32 Å². The number of hydrogen-bond donors (Lipinski definition) is 1. The van der Waals surface area contributed by atoms with Crippen LogP contribution in [0.4, 0.5) is 0 Å². The van der Waals surface area contributed by atoms with E-state index in [4.69, 9.17) is 4.74 Å². The van der Waals surface area contributed by atoms with E-state index in [1.807, 2.05) is 42.5 Å². The van der Waals surface area contributed by atoms with Crippen LogP contribution in [0.25, 0.3) is 11.1 Å². The molecule has 0 aliphatic carbocycles. The number of nitrogens with zero attached hydrogens (tertiary/aromatic N) is 1. The van der Waals surface area contributed by atoms with Crippen molar-refractivity contribution >= 4 is 11.7 Å². The summed E-state index contributed by atoms with van der Waals surface area (Å²) in [6, 6.07) is 18.2. The highest BCUT2D eigenvalue weighted by Crippen LogP contribution is 2.20. The minimum atomic E-state index is -1.37. The molecule has 5 nitrogen and oxygen atoms in total. The standard InChI is InChI=1S/C20H20N2O3/c1-14(13-25-2)22-20(24)18(12-21)19(23)17-10-8-16(9-11-17)15-6-4-3-5-7-15/h3-11,14,18H,13H2,1-2H3,(H,22,24)/t14-,18+/m0/s1. The second-order valence-corrected chi connectivity index (χ2v) is 5.73. The molecule has 0 aliphatic rings. The molecule has 0 bridgehead atoms. The molecule has 0 saturated carbocycles. The molecule has 128 valence electrons. The van der Waals surface area contributed by atoms with Crippen molar-refractivity contribution in [3.05, 3.63) is 60.2 Å². The highest BCUT2D eigenvalue weighted by Gasteiger charge is 2.28. The van der Waals surface area contributed by atoms with Gasteiger partial charge in [-0.2, -0.15) is 5.26 Å². The van der Waals surface area contributed by atoms with Gasteiger partial charge in [0.2, 0.25) is 5.91 Å². The maximum Gasteiger partial charge on any atom is 0.245 e. The molecular weight excluding hydrogens is 316 g/mol. The average molecular weight is 336 g/mol. The Morgan fingerprint density at radius 3 is 2.24 bits per heavy atom. The van der Waals surface area contributed by atoms with Gasteiger partial charge in [-0.05, 0) is 18.1 Å². The van der Waals surface area contributed by atoms with Crippen LogP contribution < -0.4 is 5.32 Å². The fourth-order valence-electron chi connectivity index (χ4n) is 2.48. The Kier molecular flexibility index (Phi) is 6.44. The van der Waals surface area contributed by atoms with Crippen LogP contribution in [0.5, 0.6) is 0 Å². The van der Waals surface area contributed by atoms with Crippen LogP contribution in [0.15, 0.2) is 54.6 Å². The zero-order chi connectivity index (χ0) is 18.2. The van der Waals surface area contributed by atoms with Crippen LogP contribution in [-0.4, -0.2) is 31.4 Å². The minimum absolute atomic E-state index is 0.276. The zero-order valence-corrected chi connectivity index (χ0v) is 14.2. The molecule has 2 atom stereocenters. The van der Waals surface area contributed by atoms with E-state index in [0.29, 0.717) is 12.2 Å². The highest BCUT2D eigenvalue weighted by molar-refractivity contribution is 6.12. The van der Waals surface area contributed by atoms with Gasteiger partial charge in [-0.25, -0.2) is 0 Å². The van der Waals surface area contributed by atoms with Crippen LogP contribution in [-0.2, 0) is 9.53 Å². The first-order chi connectivity index (χ1) is 12.1. The molecule has 0 aromatic heterocycles. The molecule has 1 N–H and O–H groups in total. The molecule has 0 saturated heterocycles. The van der Waals surface area contributed by atoms with Crippen LogP contribution in [0.3, 0.4) is 0 Å². The van der Waals surface area contributed by atoms with Gasteiger partial charge in [0.1, 0.15) is 0 Å². The first-order valence-electron chi connectivity index (χ1n) is 7.95. The van der Waals surface area contributed by atoms with E-state index in [0.717, 1.165) is 11.1 Å². The molecule has 1 amide bonds. The van der Waals surface area contributed by atoms with Gasteiger partial charge < -0.3 is 10.1 Å². The molecule has 25 heavy (non-hydrogen) atoms. The van der Waals surface area contributed by atoms with E-state index in [-0.39, 0.29) is 6.04 Å². The summed E-state index contributed by atoms with van der Waals surface area (Å²) in [4.78, 5) is 24.6. The van der Waals surface area contributed by atoms with Gasteiger partial charge in [-0.15, -0.1) is 0 Å². The van der Waals surface area contributed by atoms with Gasteiger partial charge in [-0.3, -0.25) is 9.59 Å². The van der Waals surface area contributed by atoms with Crippen molar-refractivity contribution < 1.29 is 14.3 Å². The maximum atomic E-state index is 12.5. The Morgan fingerprint density at radius 1 is 1.08 bits per heavy atom. The second kappa shape index (κ2) is 8.76. The molecule has 2 aromatic rings. The molecule has 0 unspecified atom stereocenters. The van der Waals surface area contributed by atoms with Crippen molar-refractivity contribution in [2.45, 2.75) is 13.0 Å². The molecule has 0 fully saturated rings. The fraction of sp³-hybridized carbons (Fsp3) is 0.250. The average Bonchev–Trinajstić information content (AvgIpc) is 2.63. The third-order valence-corrected chi connectivity index (χ3v) is 3.74. The first-order valence-corrected chi connectivity index (χ1v) is 7.95. The molecule has 0 heterocycles. The summed E-state index contributed by atoms with van der Waals surface area (Å²) >= 11 is 0. The summed E-state index contributed by atoms with van der Waals surface area (Å²) in [5.74, 6) is -2.49. The number of ether oxygens (including phenoxy) is 1. The van der Waals surface area contributed by atoms with Gasteiger partial charge in [0.15, 0.2) is 11.7 Å². The van der Waals surface area contributed by atoms with E-state index >= 15 is 0 Å². The quantitative estimate of drug-likeness (QED) is 0.623. The number of methoxy groups -OCH3 is 1. The Labute approximate surface area is 147 Å². The molecule has 2 aromatic carbocycles. The molecule has 0 radical (unpaired) electrons. The van der Waals surface area contributed by atoms with Crippen molar-refractivity contribution in [2.75, 3.05) is 13.7 Å². The lowest BCUT2D eigenvalue weighted by Gasteiger charge is -2.15. The summed E-state index contributed by atoms with van der Waals surface area (Å²) in [5, 5.41) is 11.9. The van der Waals surface area contributed by atoms with Crippen LogP contribution >= 0.6 is 0 Å². The Bertz CT molecular complexity index is 764. The highest BCUT2D eigenvalue weighted by atomic mass is 16.5. The third-order valence-electron chi connectivity index (χ3n) is 3.74. The molecule has 5 heteroatoms. The first kappa shape index (κ1) is 18.4. The predicted octanol–water partition coefficient (Wildman–Crippen LogP) is 2.83. The number of nitrogens with one attached hydrogen (secondary N) is 1. The number of ketones is 1. The Morgan fingerprint density at radius 2 is 1.68 bits per heavy atom. The molecule has 2 rings (SSSR count). The Hall–Kier alpha value is -2.97. The number of Topliss-reactive ketones (excluding diaryl/α,β-unsaturated/α-hetero) is 1. The number of benzene rings is 2. The summed E-state index contributed by atoms with van der Waals surface area (Å²) in [6.07, 6.45) is 0. The van der Waals surface area contributed by atoms with Crippen molar-refractivity contribution in [1.82, 2.24) is 5.32 Å². The van der Waals surface area contributed by atoms with E-state index in [1.165, 1.54) is 7.11 Å². The third kappa shape index (κ3) is 4.75. The lowest BCUT2D eigenvalue weighted by molar-refractivity contribution is -0.123. The van der Waals surface area contributed by atoms with Crippen molar-refractivity contribution in [3.63, 3.8) is 0 Å². The van der Waals surface area contributed by atoms with Gasteiger partial charge in [0.25, 0.3) is 0 Å². The van der Waals surface area contributed by atoms with Crippen molar-refractivity contribution in [3.8, 4) is 17.2 Å². The van der Waals surface area contributed by atoms with Crippen LogP contribution in [0.2, 0.25) is 0 Å². The Balaban J connectivity index is 2.13. The van der Waals surface area contributed by atoms with Crippen molar-refractivity contribution in [2.24, 2.45) is 5.92 Å². The summed E-state index contributed by atoms with van der Waals surface area (Å²) in [7, 11) is 1.52. The van der Waals surface area contributed by atoms with E-state index in [9.17, 15) is 14.9 Å². The topological polar surface area (TPSA) is 79.2 Å². The normalized spacial score (nSPS) is 12.7. The zero-order valence-electron chi connectivity index (χ0n) is 14.2. The monoisotopic (exact) mass is 336 g/mol. The lowest BCUT2D eigenvalue weighted by Crippen LogP contribution is -2.41. The number of nitriles is 1. The SMILES string of the molecule is COC[C@H](C)NC(=O)[C@H](C#N)C(=O)c1ccc(-c2ccccc2)cc1. The number of carbonyl (C=O) groups is 2. The lowest BCUT2D eigenvalue weighted by atomic mass is 9.95. The van der Waals surface area contributed by atoms with Crippen LogP contribution in [0.1, 0.15) is 17.3 Å². The smallest absolute Gasteiger partial charge is 0.245 e. The maximum absolute atomic E-state index is 12.5. The van der Waals surface area contributed by atoms with E-state index < -0.39 is 17.6 Å². The molecule has 0 aliphatic heterocycles. The largest absolute Gasteiger partial charge is 0.383 e. The van der Waals surface area contributed by atoms with Gasteiger partial charge in [-0.1, -0.05) is 54.6 Å². The molecule has 0 spiro atoms. The summed E-state index contributed by atoms with van der Waals surface area (Å²) in [6.45, 7) is 2.05. The van der Waals surface area contributed by atoms with Gasteiger partial charge >= 0.3 is 0 Å². The van der Waals surface area contributed by atoms with Crippen LogP contribution in [0, 0.1) is 17.2 Å². The van der Waals surface area contributed by atoms with Gasteiger partial charge in [0, 0.05) is 18.7 Å². The minimum Gasteiger partial charge on any atom is -0.383 e. The van der Waals surface area contributed by atoms with Gasteiger partial charge in [0.05, 0.1) is 12.7 Å². The number of rotatable bonds is 7. The predicted molar refractivity (Wildman–Crippen MR) is 94.8 cm³/mol. The summed E-state index contributed by atoms with van der Waals surface area (Å²) in [5.41, 5.74) is 2.33. The summed E-state index contributed by atoms with van der Waals surface area (Å²) < 4.78 is 4.94. The molecular formula is C20H20N2O3. The van der Waals surface area contributed by atoms with Crippen molar-refractivity contribution in [1.29, 1.82) is 5.26 Å². The fourth-order valence-corrected chi connectivity index (χ4v) is 2.48. The van der Waals surface area contributed by atoms with E-state index in [1.54, 1.807) is 25.1 Å². The number of carbonyl (C=O) groups excluding carboxylic acids is 2.